The summed E-state index contributed by atoms with van der Waals surface area (Å²) in [6.45, 7) is 0.186. The van der Waals surface area contributed by atoms with Gasteiger partial charge in [-0.05, 0) is 53.8 Å². The zero-order valence-electron chi connectivity index (χ0n) is 24.3. The minimum atomic E-state index is 0.186. The Kier molecular flexibility index (Phi) is 5.83. The number of aryl methyl sites for hydroxylation is 1. The lowest BCUT2D eigenvalue weighted by atomic mass is 9.38. The van der Waals surface area contributed by atoms with Crippen molar-refractivity contribution in [3.05, 3.63) is 139 Å². The summed E-state index contributed by atoms with van der Waals surface area (Å²) in [6.07, 6.45) is 4.43. The number of aromatic nitrogens is 4. The molecule has 0 N–H and O–H groups in total. The van der Waals surface area contributed by atoms with Crippen LogP contribution >= 0.6 is 0 Å². The van der Waals surface area contributed by atoms with Gasteiger partial charge in [-0.1, -0.05) is 138 Å². The maximum atomic E-state index is 5.18. The van der Waals surface area contributed by atoms with Gasteiger partial charge < -0.3 is 0 Å². The van der Waals surface area contributed by atoms with Gasteiger partial charge in [0.15, 0.2) is 11.6 Å². The molecule has 5 heteroatoms. The molecule has 208 valence electrons. The average Bonchev–Trinajstić information content (AvgIpc) is 3.62. The average molecular weight is 565 g/mol. The number of nitrogens with zero attached hydrogens (tertiary/aromatic N) is 4. The Hall–Kier alpha value is -5.29. The van der Waals surface area contributed by atoms with Crippen molar-refractivity contribution in [2.75, 3.05) is 0 Å². The molecule has 0 unspecified atom stereocenters. The van der Waals surface area contributed by atoms with Gasteiger partial charge in [-0.2, -0.15) is 9.97 Å². The van der Waals surface area contributed by atoms with Gasteiger partial charge in [0.05, 0.1) is 5.52 Å². The van der Waals surface area contributed by atoms with E-state index in [4.69, 9.17) is 15.0 Å². The van der Waals surface area contributed by atoms with Gasteiger partial charge in [0.1, 0.15) is 0 Å². The maximum absolute atomic E-state index is 5.18. The highest BCUT2D eigenvalue weighted by molar-refractivity contribution is 7.00. The van der Waals surface area contributed by atoms with Crippen molar-refractivity contribution in [1.29, 1.82) is 0 Å². The van der Waals surface area contributed by atoms with E-state index in [9.17, 15) is 0 Å². The van der Waals surface area contributed by atoms with E-state index in [0.29, 0.717) is 17.6 Å². The molecule has 5 aromatic carbocycles. The number of hydrogen-bond donors (Lipinski definition) is 0. The second-order valence-corrected chi connectivity index (χ2v) is 11.8. The largest absolute Gasteiger partial charge is 0.282 e. The quantitative estimate of drug-likeness (QED) is 0.229. The molecule has 1 aliphatic heterocycles. The van der Waals surface area contributed by atoms with Crippen LogP contribution in [-0.4, -0.2) is 26.2 Å². The maximum Gasteiger partial charge on any atom is 0.243 e. The molecule has 0 radical (unpaired) electrons. The van der Waals surface area contributed by atoms with Crippen LogP contribution in [0, 0.1) is 0 Å². The van der Waals surface area contributed by atoms with E-state index in [1.165, 1.54) is 56.1 Å². The Morgan fingerprint density at radius 2 is 1.16 bits per heavy atom. The van der Waals surface area contributed by atoms with Crippen molar-refractivity contribution in [2.24, 2.45) is 0 Å². The third-order valence-electron chi connectivity index (χ3n) is 9.35. The summed E-state index contributed by atoms with van der Waals surface area (Å²) in [6, 6.07) is 45.1. The van der Waals surface area contributed by atoms with Gasteiger partial charge in [0.2, 0.25) is 12.7 Å². The van der Waals surface area contributed by atoms with Crippen LogP contribution in [0.1, 0.15) is 24.1 Å². The molecule has 0 saturated heterocycles. The number of hydrogen-bond acceptors (Lipinski definition) is 3. The van der Waals surface area contributed by atoms with Crippen LogP contribution in [-0.2, 0) is 12.8 Å². The summed E-state index contributed by atoms with van der Waals surface area (Å²) in [7, 11) is 0. The first-order valence-corrected chi connectivity index (χ1v) is 15.6. The fourth-order valence-electron chi connectivity index (χ4n) is 7.46. The molecule has 3 heterocycles. The molecular formula is C39H29BN4. The second kappa shape index (κ2) is 10.2. The van der Waals surface area contributed by atoms with Gasteiger partial charge >= 0.3 is 0 Å². The van der Waals surface area contributed by atoms with E-state index in [-0.39, 0.29) is 6.71 Å². The predicted octanol–water partition coefficient (Wildman–Crippen LogP) is 6.52. The zero-order valence-corrected chi connectivity index (χ0v) is 24.3. The normalized spacial score (nSPS) is 13.5. The van der Waals surface area contributed by atoms with E-state index < -0.39 is 0 Å². The van der Waals surface area contributed by atoms with E-state index in [1.54, 1.807) is 0 Å². The molecule has 0 bridgehead atoms. The van der Waals surface area contributed by atoms with E-state index in [1.807, 2.05) is 36.4 Å². The van der Waals surface area contributed by atoms with Crippen LogP contribution in [0.15, 0.2) is 127 Å². The van der Waals surface area contributed by atoms with E-state index in [0.717, 1.165) is 30.4 Å². The van der Waals surface area contributed by atoms with Gasteiger partial charge in [0, 0.05) is 16.8 Å². The molecule has 0 spiro atoms. The summed E-state index contributed by atoms with van der Waals surface area (Å²) in [5.74, 6) is 2.07. The lowest BCUT2D eigenvalue weighted by Gasteiger charge is -2.16. The second-order valence-electron chi connectivity index (χ2n) is 11.8. The fraction of sp³-hybridized carbons (Fsp3) is 0.103. The highest BCUT2D eigenvalue weighted by Crippen LogP contribution is 2.37. The predicted molar refractivity (Wildman–Crippen MR) is 181 cm³/mol. The fourth-order valence-corrected chi connectivity index (χ4v) is 7.46. The highest BCUT2D eigenvalue weighted by Gasteiger charge is 2.37. The first-order chi connectivity index (χ1) is 21.8. The van der Waals surface area contributed by atoms with Gasteiger partial charge in [-0.3, -0.25) is 4.57 Å². The first kappa shape index (κ1) is 25.2. The molecule has 0 fully saturated rings. The van der Waals surface area contributed by atoms with Crippen molar-refractivity contribution in [1.82, 2.24) is 19.5 Å². The lowest BCUT2D eigenvalue weighted by molar-refractivity contribution is 0.661. The van der Waals surface area contributed by atoms with Crippen LogP contribution in [0.2, 0.25) is 0 Å². The molecule has 0 saturated carbocycles. The number of benzene rings is 5. The van der Waals surface area contributed by atoms with Crippen molar-refractivity contribution >= 4 is 34.0 Å². The molecule has 2 aromatic heterocycles. The monoisotopic (exact) mass is 564 g/mol. The van der Waals surface area contributed by atoms with Crippen molar-refractivity contribution in [3.8, 4) is 39.9 Å². The third kappa shape index (κ3) is 3.89. The Balaban J connectivity index is 1.35. The number of rotatable bonds is 4. The Labute approximate surface area is 257 Å². The van der Waals surface area contributed by atoms with Gasteiger partial charge in [-0.25, -0.2) is 4.98 Å². The summed E-state index contributed by atoms with van der Waals surface area (Å²) in [5, 5.41) is 1.38. The Bertz CT molecular complexity index is 2110. The zero-order chi connectivity index (χ0) is 29.0. The molecule has 44 heavy (non-hydrogen) atoms. The summed E-state index contributed by atoms with van der Waals surface area (Å²) < 4.78 is 2.36. The topological polar surface area (TPSA) is 43.6 Å². The standard InChI is InChI=1S/C39H29BN4/c1-4-14-26(15-5-1)37-41-38(27-16-6-2-7-17-27)43-39(42-37)44-33-23-13-11-21-31(33)35-34(44)25-24-30-29-20-10-12-22-32(29)40(36(30)35)28-18-8-3-9-19-28/h1-10,12,14-20,22,24-25H,11,13,21,23H2. The summed E-state index contributed by atoms with van der Waals surface area (Å²) in [5.41, 5.74) is 12.8. The van der Waals surface area contributed by atoms with Crippen LogP contribution in [0.25, 0.3) is 50.8 Å². The summed E-state index contributed by atoms with van der Waals surface area (Å²) >= 11 is 0. The van der Waals surface area contributed by atoms with Crippen LogP contribution in [0.5, 0.6) is 0 Å². The number of fused-ring (bicyclic) bond motifs is 7. The van der Waals surface area contributed by atoms with Crippen LogP contribution < -0.4 is 16.4 Å². The SMILES string of the molecule is c1ccc(B2c3ccccc3-c3ccc4c(c5c(n4-c4nc(-c6ccccc6)nc(-c6ccccc6)n4)CCCC5)c32)cc1. The molecule has 0 amide bonds. The van der Waals surface area contributed by atoms with Gasteiger partial charge in [0.25, 0.3) is 0 Å². The van der Waals surface area contributed by atoms with E-state index in [2.05, 4.69) is 95.6 Å². The molecule has 9 rings (SSSR count). The third-order valence-corrected chi connectivity index (χ3v) is 9.35. The first-order valence-electron chi connectivity index (χ1n) is 15.6. The molecule has 4 nitrogen and oxygen atoms in total. The smallest absolute Gasteiger partial charge is 0.243 e. The van der Waals surface area contributed by atoms with Crippen LogP contribution in [0.3, 0.4) is 0 Å². The minimum absolute atomic E-state index is 0.186. The Morgan fingerprint density at radius 1 is 0.545 bits per heavy atom. The van der Waals surface area contributed by atoms with Crippen LogP contribution in [0.4, 0.5) is 0 Å². The molecular weight excluding hydrogens is 535 g/mol. The van der Waals surface area contributed by atoms with Gasteiger partial charge in [-0.15, -0.1) is 0 Å². The molecule has 7 aromatic rings. The van der Waals surface area contributed by atoms with E-state index >= 15 is 0 Å². The molecule has 1 aliphatic carbocycles. The molecule has 2 aliphatic rings. The van der Waals surface area contributed by atoms with Crippen molar-refractivity contribution < 1.29 is 0 Å². The van der Waals surface area contributed by atoms with Crippen molar-refractivity contribution in [2.45, 2.75) is 25.7 Å². The highest BCUT2D eigenvalue weighted by atomic mass is 15.2. The summed E-state index contributed by atoms with van der Waals surface area (Å²) in [4.78, 5) is 15.3. The molecule has 0 atom stereocenters. The minimum Gasteiger partial charge on any atom is -0.282 e. The van der Waals surface area contributed by atoms with Crippen molar-refractivity contribution in [3.63, 3.8) is 0 Å². The Morgan fingerprint density at radius 3 is 1.86 bits per heavy atom. The lowest BCUT2D eigenvalue weighted by Crippen LogP contribution is -2.49.